The van der Waals surface area contributed by atoms with Gasteiger partial charge in [0.2, 0.25) is 0 Å². The molecule has 0 aromatic carbocycles. The predicted octanol–water partition coefficient (Wildman–Crippen LogP) is 1.81. The SMILES string of the molecule is CC1CN(C(=S)S)C(C)CN1C(=S)S. The van der Waals surface area contributed by atoms with E-state index in [2.05, 4.69) is 48.9 Å². The fourth-order valence-corrected chi connectivity index (χ4v) is 2.73. The van der Waals surface area contributed by atoms with E-state index >= 15 is 0 Å². The highest BCUT2D eigenvalue weighted by Gasteiger charge is 2.29. The van der Waals surface area contributed by atoms with Gasteiger partial charge in [0.15, 0.2) is 0 Å². The van der Waals surface area contributed by atoms with E-state index in [1.54, 1.807) is 0 Å². The summed E-state index contributed by atoms with van der Waals surface area (Å²) in [5.74, 6) is 0. The van der Waals surface area contributed by atoms with Crippen LogP contribution in [0, 0.1) is 0 Å². The molecule has 0 aromatic rings. The lowest BCUT2D eigenvalue weighted by Gasteiger charge is -2.44. The fraction of sp³-hybridized carbons (Fsp3) is 0.750. The predicted molar refractivity (Wildman–Crippen MR) is 75.5 cm³/mol. The number of thiocarbonyl (C=S) groups is 2. The summed E-state index contributed by atoms with van der Waals surface area (Å²) in [7, 11) is 0. The van der Waals surface area contributed by atoms with Crippen LogP contribution in [0.15, 0.2) is 0 Å². The number of hydrogen-bond acceptors (Lipinski definition) is 2. The third-order valence-corrected chi connectivity index (χ3v) is 3.46. The molecule has 0 saturated carbocycles. The fourth-order valence-electron chi connectivity index (χ4n) is 1.66. The van der Waals surface area contributed by atoms with Crippen molar-refractivity contribution in [2.45, 2.75) is 25.9 Å². The molecule has 2 nitrogen and oxygen atoms in total. The molecule has 6 heteroatoms. The van der Waals surface area contributed by atoms with Gasteiger partial charge in [-0.15, -0.1) is 25.3 Å². The van der Waals surface area contributed by atoms with Crippen molar-refractivity contribution in [2.24, 2.45) is 0 Å². The summed E-state index contributed by atoms with van der Waals surface area (Å²) < 4.78 is 1.32. The van der Waals surface area contributed by atoms with Crippen molar-refractivity contribution >= 4 is 58.3 Å². The first-order valence-corrected chi connectivity index (χ1v) is 6.13. The van der Waals surface area contributed by atoms with Gasteiger partial charge in [0.1, 0.15) is 8.64 Å². The zero-order valence-corrected chi connectivity index (χ0v) is 11.6. The van der Waals surface area contributed by atoms with Crippen molar-refractivity contribution in [2.75, 3.05) is 13.1 Å². The average molecular weight is 266 g/mol. The van der Waals surface area contributed by atoms with Crippen molar-refractivity contribution in [1.29, 1.82) is 0 Å². The van der Waals surface area contributed by atoms with Gasteiger partial charge < -0.3 is 9.80 Å². The van der Waals surface area contributed by atoms with Gasteiger partial charge >= 0.3 is 0 Å². The highest BCUT2D eigenvalue weighted by Crippen LogP contribution is 2.18. The second kappa shape index (κ2) is 5.01. The Bertz CT molecular complexity index is 230. The molecule has 0 aliphatic carbocycles. The van der Waals surface area contributed by atoms with E-state index in [9.17, 15) is 0 Å². The Labute approximate surface area is 107 Å². The van der Waals surface area contributed by atoms with Gasteiger partial charge in [0.05, 0.1) is 0 Å². The van der Waals surface area contributed by atoms with E-state index < -0.39 is 0 Å². The molecule has 0 bridgehead atoms. The maximum absolute atomic E-state index is 5.07. The Kier molecular flexibility index (Phi) is 4.49. The van der Waals surface area contributed by atoms with E-state index in [0.717, 1.165) is 13.1 Å². The van der Waals surface area contributed by atoms with Crippen LogP contribution >= 0.6 is 49.7 Å². The van der Waals surface area contributed by atoms with Crippen molar-refractivity contribution in [3.63, 3.8) is 0 Å². The third kappa shape index (κ3) is 2.74. The summed E-state index contributed by atoms with van der Waals surface area (Å²) in [6, 6.07) is 0.697. The normalized spacial score (nSPS) is 27.7. The first-order valence-electron chi connectivity index (χ1n) is 4.42. The van der Waals surface area contributed by atoms with Gasteiger partial charge in [-0.1, -0.05) is 24.4 Å². The quantitative estimate of drug-likeness (QED) is 0.510. The number of piperazine rings is 1. The minimum absolute atomic E-state index is 0.348. The Hall–Kier alpha value is 0.480. The van der Waals surface area contributed by atoms with E-state index in [0.29, 0.717) is 20.7 Å². The summed E-state index contributed by atoms with van der Waals surface area (Å²) in [6.07, 6.45) is 0. The van der Waals surface area contributed by atoms with Crippen LogP contribution in [0.4, 0.5) is 0 Å². The van der Waals surface area contributed by atoms with Crippen LogP contribution < -0.4 is 0 Å². The topological polar surface area (TPSA) is 6.48 Å². The summed E-state index contributed by atoms with van der Waals surface area (Å²) in [4.78, 5) is 4.23. The largest absolute Gasteiger partial charge is 0.351 e. The van der Waals surface area contributed by atoms with Crippen molar-refractivity contribution < 1.29 is 0 Å². The molecule has 0 amide bonds. The van der Waals surface area contributed by atoms with Gasteiger partial charge in [-0.05, 0) is 13.8 Å². The van der Waals surface area contributed by atoms with Crippen LogP contribution in [0.3, 0.4) is 0 Å². The number of nitrogens with zero attached hydrogens (tertiary/aromatic N) is 2. The van der Waals surface area contributed by atoms with Crippen molar-refractivity contribution in [3.05, 3.63) is 0 Å². The molecular weight excluding hydrogens is 252 g/mol. The van der Waals surface area contributed by atoms with Gasteiger partial charge in [-0.2, -0.15) is 0 Å². The van der Waals surface area contributed by atoms with Gasteiger partial charge in [-0.3, -0.25) is 0 Å². The molecule has 2 atom stereocenters. The molecule has 0 N–H and O–H groups in total. The molecule has 2 unspecified atom stereocenters. The zero-order chi connectivity index (χ0) is 10.9. The van der Waals surface area contributed by atoms with Crippen molar-refractivity contribution in [1.82, 2.24) is 9.80 Å². The van der Waals surface area contributed by atoms with Gasteiger partial charge in [0.25, 0.3) is 0 Å². The Morgan fingerprint density at radius 2 is 1.29 bits per heavy atom. The average Bonchev–Trinajstić information content (AvgIpc) is 2.07. The second-order valence-corrected chi connectivity index (χ2v) is 5.79. The summed E-state index contributed by atoms with van der Waals surface area (Å²) in [5.41, 5.74) is 0. The highest BCUT2D eigenvalue weighted by atomic mass is 32.1. The van der Waals surface area contributed by atoms with Crippen LogP contribution in [-0.4, -0.2) is 43.6 Å². The Morgan fingerprint density at radius 1 is 1.00 bits per heavy atom. The monoisotopic (exact) mass is 266 g/mol. The Balaban J connectivity index is 2.71. The van der Waals surface area contributed by atoms with E-state index in [-0.39, 0.29) is 0 Å². The van der Waals surface area contributed by atoms with Crippen LogP contribution in [0.1, 0.15) is 13.8 Å². The molecule has 1 fully saturated rings. The zero-order valence-electron chi connectivity index (χ0n) is 8.17. The molecule has 1 saturated heterocycles. The number of thiol groups is 2. The molecule has 0 radical (unpaired) electrons. The number of hydrogen-bond donors (Lipinski definition) is 2. The van der Waals surface area contributed by atoms with Gasteiger partial charge in [0, 0.05) is 25.2 Å². The first kappa shape index (κ1) is 12.5. The van der Waals surface area contributed by atoms with Crippen LogP contribution in [0.25, 0.3) is 0 Å². The lowest BCUT2D eigenvalue weighted by atomic mass is 10.1. The van der Waals surface area contributed by atoms with Gasteiger partial charge in [-0.25, -0.2) is 0 Å². The molecule has 1 heterocycles. The minimum Gasteiger partial charge on any atom is -0.351 e. The highest BCUT2D eigenvalue weighted by molar-refractivity contribution is 8.11. The lowest BCUT2D eigenvalue weighted by molar-refractivity contribution is 0.155. The summed E-state index contributed by atoms with van der Waals surface area (Å²) >= 11 is 18.6. The first-order chi connectivity index (χ1) is 6.43. The van der Waals surface area contributed by atoms with Crippen LogP contribution in [0.2, 0.25) is 0 Å². The van der Waals surface area contributed by atoms with E-state index in [1.165, 1.54) is 0 Å². The summed E-state index contributed by atoms with van der Waals surface area (Å²) in [6.45, 7) is 5.97. The smallest absolute Gasteiger partial charge is 0.133 e. The number of rotatable bonds is 0. The van der Waals surface area contributed by atoms with E-state index in [1.807, 2.05) is 0 Å². The standard InChI is InChI=1S/C8H14N2S4/c1-5-3-10(8(13)14)6(2)4-9(5)7(11)12/h5-6H,3-4H2,1-2H3,(H,11,12)(H,13,14). The molecule has 14 heavy (non-hydrogen) atoms. The van der Waals surface area contributed by atoms with Crippen LogP contribution in [-0.2, 0) is 0 Å². The molecular formula is C8H14N2S4. The summed E-state index contributed by atoms with van der Waals surface area (Å²) in [5, 5.41) is 0. The molecule has 0 spiro atoms. The molecule has 1 aliphatic heterocycles. The third-order valence-electron chi connectivity index (χ3n) is 2.48. The maximum Gasteiger partial charge on any atom is 0.133 e. The Morgan fingerprint density at radius 3 is 1.50 bits per heavy atom. The maximum atomic E-state index is 5.07. The molecule has 0 aromatic heterocycles. The lowest BCUT2D eigenvalue weighted by Crippen LogP contribution is -2.57. The van der Waals surface area contributed by atoms with E-state index in [4.69, 9.17) is 24.4 Å². The molecule has 1 rings (SSSR count). The van der Waals surface area contributed by atoms with Crippen molar-refractivity contribution in [3.8, 4) is 0 Å². The minimum atomic E-state index is 0.348. The molecule has 80 valence electrons. The second-order valence-electron chi connectivity index (χ2n) is 3.57. The molecule has 1 aliphatic rings. The van der Waals surface area contributed by atoms with Crippen LogP contribution in [0.5, 0.6) is 0 Å².